The van der Waals surface area contributed by atoms with Crippen LogP contribution in [0.15, 0.2) is 18.2 Å². The first-order valence-corrected chi connectivity index (χ1v) is 5.93. The Hall–Kier alpha value is -1.62. The van der Waals surface area contributed by atoms with Crippen LogP contribution in [0.5, 0.6) is 5.75 Å². The van der Waals surface area contributed by atoms with Crippen LogP contribution < -0.4 is 15.4 Å². The zero-order valence-corrected chi connectivity index (χ0v) is 10.9. The number of methoxy groups -OCH3 is 1. The first kappa shape index (κ1) is 14.4. The van der Waals surface area contributed by atoms with Gasteiger partial charge < -0.3 is 15.4 Å². The minimum atomic E-state index is -0.451. The quantitative estimate of drug-likeness (QED) is 0.818. The minimum Gasteiger partial charge on any atom is -0.494 e. The van der Waals surface area contributed by atoms with Crippen molar-refractivity contribution in [3.05, 3.63) is 24.0 Å². The number of carbonyl (C=O) groups excluding carboxylic acids is 1. The van der Waals surface area contributed by atoms with E-state index in [1.807, 2.05) is 13.8 Å². The van der Waals surface area contributed by atoms with Gasteiger partial charge in [-0.1, -0.05) is 6.92 Å². The van der Waals surface area contributed by atoms with Crippen molar-refractivity contribution in [1.29, 1.82) is 0 Å². The number of benzene rings is 1. The smallest absolute Gasteiger partial charge is 0.238 e. The molecule has 0 aliphatic carbocycles. The molecule has 1 unspecified atom stereocenters. The Morgan fingerprint density at radius 3 is 2.83 bits per heavy atom. The molecule has 1 atom stereocenters. The number of carbonyl (C=O) groups is 1. The van der Waals surface area contributed by atoms with Crippen molar-refractivity contribution in [3.8, 4) is 5.75 Å². The highest BCUT2D eigenvalue weighted by atomic mass is 19.1. The Balaban J connectivity index is 2.54. The average Bonchev–Trinajstić information content (AvgIpc) is 2.38. The van der Waals surface area contributed by atoms with E-state index in [1.165, 1.54) is 25.3 Å². The summed E-state index contributed by atoms with van der Waals surface area (Å²) in [4.78, 5) is 11.6. The van der Waals surface area contributed by atoms with E-state index in [2.05, 4.69) is 10.6 Å². The van der Waals surface area contributed by atoms with Crippen molar-refractivity contribution in [2.45, 2.75) is 26.3 Å². The summed E-state index contributed by atoms with van der Waals surface area (Å²) in [5.74, 6) is -0.500. The third-order valence-electron chi connectivity index (χ3n) is 2.66. The fraction of sp³-hybridized carbons (Fsp3) is 0.462. The third-order valence-corrected chi connectivity index (χ3v) is 2.66. The molecular formula is C13H19FN2O2. The van der Waals surface area contributed by atoms with Crippen LogP contribution in [0.4, 0.5) is 10.1 Å². The number of amides is 1. The lowest BCUT2D eigenvalue weighted by Gasteiger charge is -2.12. The zero-order valence-electron chi connectivity index (χ0n) is 10.9. The lowest BCUT2D eigenvalue weighted by Crippen LogP contribution is -2.33. The molecule has 18 heavy (non-hydrogen) atoms. The second-order valence-corrected chi connectivity index (χ2v) is 4.09. The van der Waals surface area contributed by atoms with E-state index >= 15 is 0 Å². The monoisotopic (exact) mass is 254 g/mol. The van der Waals surface area contributed by atoms with Gasteiger partial charge in [-0.05, 0) is 25.5 Å². The van der Waals surface area contributed by atoms with Gasteiger partial charge in [0.05, 0.1) is 13.7 Å². The van der Waals surface area contributed by atoms with E-state index in [4.69, 9.17) is 4.74 Å². The summed E-state index contributed by atoms with van der Waals surface area (Å²) in [6.45, 7) is 4.28. The predicted octanol–water partition coefficient (Wildman–Crippen LogP) is 2.16. The molecule has 2 N–H and O–H groups in total. The maximum Gasteiger partial charge on any atom is 0.238 e. The van der Waals surface area contributed by atoms with Gasteiger partial charge in [-0.25, -0.2) is 4.39 Å². The third kappa shape index (κ3) is 4.33. The Morgan fingerprint density at radius 1 is 1.50 bits per heavy atom. The van der Waals surface area contributed by atoms with Crippen LogP contribution in [-0.4, -0.2) is 25.6 Å². The van der Waals surface area contributed by atoms with Gasteiger partial charge in [-0.15, -0.1) is 0 Å². The molecule has 5 heteroatoms. The molecule has 0 aliphatic rings. The molecule has 4 nitrogen and oxygen atoms in total. The second-order valence-electron chi connectivity index (χ2n) is 4.09. The lowest BCUT2D eigenvalue weighted by atomic mass is 10.2. The van der Waals surface area contributed by atoms with Gasteiger partial charge in [0, 0.05) is 17.8 Å². The zero-order chi connectivity index (χ0) is 13.5. The van der Waals surface area contributed by atoms with Crippen molar-refractivity contribution in [2.75, 3.05) is 19.0 Å². The molecule has 0 saturated heterocycles. The molecule has 100 valence electrons. The number of hydrogen-bond donors (Lipinski definition) is 2. The summed E-state index contributed by atoms with van der Waals surface area (Å²) < 4.78 is 18.0. The van der Waals surface area contributed by atoms with Crippen molar-refractivity contribution in [1.82, 2.24) is 5.32 Å². The molecule has 1 amide bonds. The first-order valence-electron chi connectivity index (χ1n) is 5.93. The largest absolute Gasteiger partial charge is 0.494 e. The van der Waals surface area contributed by atoms with Gasteiger partial charge >= 0.3 is 0 Å². The molecule has 0 spiro atoms. The Morgan fingerprint density at radius 2 is 2.22 bits per heavy atom. The van der Waals surface area contributed by atoms with Crippen molar-refractivity contribution in [2.24, 2.45) is 0 Å². The van der Waals surface area contributed by atoms with Crippen LogP contribution in [0.3, 0.4) is 0 Å². The molecule has 0 fully saturated rings. The number of nitrogens with one attached hydrogen (secondary N) is 2. The van der Waals surface area contributed by atoms with Crippen LogP contribution in [0, 0.1) is 5.82 Å². The molecule has 0 bridgehead atoms. The van der Waals surface area contributed by atoms with Gasteiger partial charge in [-0.2, -0.15) is 0 Å². The van der Waals surface area contributed by atoms with Crippen LogP contribution in [0.1, 0.15) is 20.3 Å². The summed E-state index contributed by atoms with van der Waals surface area (Å²) >= 11 is 0. The van der Waals surface area contributed by atoms with E-state index in [1.54, 1.807) is 0 Å². The topological polar surface area (TPSA) is 50.4 Å². The highest BCUT2D eigenvalue weighted by molar-refractivity contribution is 5.92. The fourth-order valence-corrected chi connectivity index (χ4v) is 1.35. The van der Waals surface area contributed by atoms with Gasteiger partial charge in [0.15, 0.2) is 11.6 Å². The van der Waals surface area contributed by atoms with Crippen molar-refractivity contribution >= 4 is 11.6 Å². The average molecular weight is 254 g/mol. The summed E-state index contributed by atoms with van der Waals surface area (Å²) in [5, 5.41) is 5.75. The van der Waals surface area contributed by atoms with Crippen molar-refractivity contribution < 1.29 is 13.9 Å². The van der Waals surface area contributed by atoms with Gasteiger partial charge in [-0.3, -0.25) is 4.79 Å². The number of rotatable bonds is 6. The van der Waals surface area contributed by atoms with Gasteiger partial charge in [0.25, 0.3) is 0 Å². The number of hydrogen-bond acceptors (Lipinski definition) is 3. The number of anilines is 1. The lowest BCUT2D eigenvalue weighted by molar-refractivity contribution is -0.115. The molecule has 1 rings (SSSR count). The molecule has 0 heterocycles. The summed E-state index contributed by atoms with van der Waals surface area (Å²) in [7, 11) is 1.38. The van der Waals surface area contributed by atoms with E-state index in [0.717, 1.165) is 6.42 Å². The van der Waals surface area contributed by atoms with Crippen LogP contribution in [-0.2, 0) is 4.79 Å². The minimum absolute atomic E-state index is 0.114. The molecule has 0 radical (unpaired) electrons. The fourth-order valence-electron chi connectivity index (χ4n) is 1.35. The van der Waals surface area contributed by atoms with Crippen LogP contribution in [0.25, 0.3) is 0 Å². The predicted molar refractivity (Wildman–Crippen MR) is 69.3 cm³/mol. The highest BCUT2D eigenvalue weighted by Gasteiger charge is 2.07. The van der Waals surface area contributed by atoms with Crippen LogP contribution >= 0.6 is 0 Å². The van der Waals surface area contributed by atoms with E-state index in [9.17, 15) is 9.18 Å². The number of ether oxygens (including phenoxy) is 1. The standard InChI is InChI=1S/C13H19FN2O2/c1-4-9(2)15-8-13(17)16-10-5-6-11(14)12(7-10)18-3/h5-7,9,15H,4,8H2,1-3H3,(H,16,17). The molecule has 0 saturated carbocycles. The maximum absolute atomic E-state index is 13.2. The first-order chi connectivity index (χ1) is 8.56. The second kappa shape index (κ2) is 6.96. The Labute approximate surface area is 107 Å². The SMILES string of the molecule is CCC(C)NCC(=O)Nc1ccc(F)c(OC)c1. The van der Waals surface area contributed by atoms with Crippen molar-refractivity contribution in [3.63, 3.8) is 0 Å². The summed E-state index contributed by atoms with van der Waals surface area (Å²) in [5.41, 5.74) is 0.518. The number of halogens is 1. The Kier molecular flexibility index (Phi) is 5.58. The molecule has 1 aromatic carbocycles. The van der Waals surface area contributed by atoms with E-state index in [-0.39, 0.29) is 18.2 Å². The van der Waals surface area contributed by atoms with E-state index in [0.29, 0.717) is 11.7 Å². The molecule has 0 aliphatic heterocycles. The van der Waals surface area contributed by atoms with E-state index < -0.39 is 5.82 Å². The van der Waals surface area contributed by atoms with Gasteiger partial charge in [0.2, 0.25) is 5.91 Å². The normalized spacial score (nSPS) is 12.0. The maximum atomic E-state index is 13.2. The Bertz CT molecular complexity index is 410. The molecular weight excluding hydrogens is 235 g/mol. The molecule has 0 aromatic heterocycles. The van der Waals surface area contributed by atoms with Gasteiger partial charge in [0.1, 0.15) is 0 Å². The molecule has 1 aromatic rings. The summed E-state index contributed by atoms with van der Waals surface area (Å²) in [6.07, 6.45) is 0.956. The summed E-state index contributed by atoms with van der Waals surface area (Å²) in [6, 6.07) is 4.50. The van der Waals surface area contributed by atoms with Crippen LogP contribution in [0.2, 0.25) is 0 Å². The highest BCUT2D eigenvalue weighted by Crippen LogP contribution is 2.21.